The van der Waals surface area contributed by atoms with Gasteiger partial charge in [-0.2, -0.15) is 26.3 Å². The summed E-state index contributed by atoms with van der Waals surface area (Å²) in [5.74, 6) is 0. The average molecular weight is 981 g/mol. The molecule has 4 fully saturated rings. The van der Waals surface area contributed by atoms with Crippen LogP contribution in [-0.2, 0) is 38.5 Å². The van der Waals surface area contributed by atoms with Crippen molar-refractivity contribution >= 4 is 0 Å². The maximum atomic E-state index is 13.1. The second-order valence-corrected chi connectivity index (χ2v) is 20.7. The van der Waals surface area contributed by atoms with Crippen LogP contribution >= 0.6 is 0 Å². The molecule has 2 atom stereocenters. The molecular formula is C56H82F6N8. The molecule has 0 bridgehead atoms. The topological polar surface area (TPSA) is 25.9 Å². The Morgan fingerprint density at radius 1 is 0.414 bits per heavy atom. The van der Waals surface area contributed by atoms with Crippen LogP contribution in [0.25, 0.3) is 0 Å². The van der Waals surface area contributed by atoms with E-state index in [4.69, 9.17) is 0 Å². The third-order valence-corrected chi connectivity index (χ3v) is 14.1. The van der Waals surface area contributed by atoms with Gasteiger partial charge in [0.15, 0.2) is 0 Å². The highest BCUT2D eigenvalue weighted by Gasteiger charge is 2.35. The van der Waals surface area contributed by atoms with E-state index in [2.05, 4.69) is 123 Å². The fourth-order valence-corrected chi connectivity index (χ4v) is 9.34. The van der Waals surface area contributed by atoms with Gasteiger partial charge in [-0.05, 0) is 117 Å². The van der Waals surface area contributed by atoms with Gasteiger partial charge in [-0.15, -0.1) is 0 Å². The lowest BCUT2D eigenvalue weighted by Gasteiger charge is -2.32. The third-order valence-electron chi connectivity index (χ3n) is 14.1. The molecule has 14 heteroatoms. The van der Waals surface area contributed by atoms with Crippen molar-refractivity contribution in [3.8, 4) is 0 Å². The number of aryl methyl sites for hydroxylation is 4. The summed E-state index contributed by atoms with van der Waals surface area (Å²) in [7, 11) is 12.6. The van der Waals surface area contributed by atoms with Crippen molar-refractivity contribution in [1.29, 1.82) is 0 Å². The quantitative estimate of drug-likeness (QED) is 0.145. The minimum atomic E-state index is -4.28. The van der Waals surface area contributed by atoms with Gasteiger partial charge in [0.1, 0.15) is 0 Å². The van der Waals surface area contributed by atoms with Gasteiger partial charge in [-0.3, -0.25) is 19.6 Å². The van der Waals surface area contributed by atoms with Crippen molar-refractivity contribution in [1.82, 2.24) is 39.2 Å². The van der Waals surface area contributed by atoms with E-state index >= 15 is 0 Å². The van der Waals surface area contributed by atoms with Crippen LogP contribution in [0.5, 0.6) is 0 Å². The molecule has 4 aliphatic heterocycles. The van der Waals surface area contributed by atoms with E-state index in [-0.39, 0.29) is 0 Å². The Morgan fingerprint density at radius 3 is 1.07 bits per heavy atom. The number of hydrogen-bond donors (Lipinski definition) is 0. The minimum absolute atomic E-state index is 0.374. The average Bonchev–Trinajstić information content (AvgIpc) is 3.99. The molecule has 0 aliphatic carbocycles. The summed E-state index contributed by atoms with van der Waals surface area (Å²) in [5.41, 5.74) is 6.62. The van der Waals surface area contributed by atoms with Crippen LogP contribution in [0.3, 0.4) is 0 Å². The summed E-state index contributed by atoms with van der Waals surface area (Å²) >= 11 is 0. The first kappa shape index (κ1) is 57.0. The van der Waals surface area contributed by atoms with Gasteiger partial charge in [0.05, 0.1) is 11.1 Å². The van der Waals surface area contributed by atoms with Crippen LogP contribution in [0, 0.1) is 27.7 Å². The monoisotopic (exact) mass is 981 g/mol. The Balaban J connectivity index is 0.000000175. The summed E-state index contributed by atoms with van der Waals surface area (Å²) in [6.45, 7) is 23.0. The fraction of sp³-hybridized carbons (Fsp3) is 0.571. The number of likely N-dealkylation sites (tertiary alicyclic amines) is 2. The molecule has 4 aliphatic rings. The zero-order chi connectivity index (χ0) is 51.2. The standard InChI is InChI=1S/C15H21F3N2.C14H19F3N2.C14H22N2.C13H20N2/c1-11-4-5-12(14(8-11)15(16,17)18)9-20-7-6-13(10-20)19(2)3;1-11-3-4-12(13(9-11)14(15,16)17)10-19-7-5-18(2)6-8-19;1-12-4-6-13(7-5-12)10-16-9-8-14(11-16)15(2)3;1-12-3-5-13(6-4-12)11-15-9-7-14(2)8-10-15/h4-5,8,13H,6-7,9-10H2,1-3H3;3-4,9H,5-8,10H2,1-2H3;4-7,14H,8-11H2,1-3H3;3-6H,7-11H2,1-2H3. The van der Waals surface area contributed by atoms with E-state index in [9.17, 15) is 26.3 Å². The van der Waals surface area contributed by atoms with E-state index < -0.39 is 23.5 Å². The number of nitrogens with zero attached hydrogens (tertiary/aromatic N) is 8. The van der Waals surface area contributed by atoms with Gasteiger partial charge in [-0.1, -0.05) is 95.1 Å². The summed E-state index contributed by atoms with van der Waals surface area (Å²) in [5, 5.41) is 0. The SMILES string of the molecule is Cc1ccc(CN2CCC(N(C)C)C2)c(C(F)(F)F)c1.Cc1ccc(CN2CCC(N(C)C)C2)cc1.Cc1ccc(CN2CCN(C)CC2)c(C(F)(F)F)c1.Cc1ccc(CN2CCN(C)CC2)cc1. The van der Waals surface area contributed by atoms with Crippen molar-refractivity contribution in [3.05, 3.63) is 141 Å². The number of rotatable bonds is 10. The molecule has 0 N–H and O–H groups in total. The lowest BCUT2D eigenvalue weighted by molar-refractivity contribution is -0.139. The molecule has 4 aromatic carbocycles. The highest BCUT2D eigenvalue weighted by molar-refractivity contribution is 5.35. The summed E-state index contributed by atoms with van der Waals surface area (Å²) < 4.78 is 78.3. The van der Waals surface area contributed by atoms with E-state index in [1.54, 1.807) is 38.1 Å². The molecule has 388 valence electrons. The van der Waals surface area contributed by atoms with Crippen LogP contribution < -0.4 is 0 Å². The molecule has 0 saturated carbocycles. The number of halogens is 6. The molecular weight excluding hydrogens is 899 g/mol. The molecule has 8 nitrogen and oxygen atoms in total. The Morgan fingerprint density at radius 2 is 0.729 bits per heavy atom. The zero-order valence-electron chi connectivity index (χ0n) is 43.8. The van der Waals surface area contributed by atoms with Crippen LogP contribution in [0.15, 0.2) is 84.9 Å². The molecule has 4 heterocycles. The predicted molar refractivity (Wildman–Crippen MR) is 275 cm³/mol. The van der Waals surface area contributed by atoms with Gasteiger partial charge in [0.25, 0.3) is 0 Å². The van der Waals surface area contributed by atoms with Crippen LogP contribution in [0.1, 0.15) is 68.5 Å². The summed E-state index contributed by atoms with van der Waals surface area (Å²) in [6, 6.07) is 28.2. The number of piperazine rings is 2. The third kappa shape index (κ3) is 19.0. The Kier molecular flexibility index (Phi) is 21.8. The highest BCUT2D eigenvalue weighted by Crippen LogP contribution is 2.35. The summed E-state index contributed by atoms with van der Waals surface area (Å²) in [6.07, 6.45) is -6.23. The maximum Gasteiger partial charge on any atom is 0.416 e. The van der Waals surface area contributed by atoms with E-state index in [1.165, 1.54) is 80.1 Å². The largest absolute Gasteiger partial charge is 0.416 e. The molecule has 4 aromatic rings. The molecule has 0 spiro atoms. The molecule has 8 rings (SSSR count). The number of hydrogen-bond acceptors (Lipinski definition) is 8. The Bertz CT molecular complexity index is 2140. The highest BCUT2D eigenvalue weighted by atomic mass is 19.4. The molecule has 0 aromatic heterocycles. The van der Waals surface area contributed by atoms with Crippen LogP contribution in [0.4, 0.5) is 26.3 Å². The van der Waals surface area contributed by atoms with E-state index in [1.807, 2.05) is 21.1 Å². The zero-order valence-corrected chi connectivity index (χ0v) is 43.8. The first-order valence-electron chi connectivity index (χ1n) is 25.1. The normalized spacial score (nSPS) is 20.2. The van der Waals surface area contributed by atoms with E-state index in [0.29, 0.717) is 41.4 Å². The van der Waals surface area contributed by atoms with Gasteiger partial charge < -0.3 is 19.6 Å². The molecule has 70 heavy (non-hydrogen) atoms. The van der Waals surface area contributed by atoms with Gasteiger partial charge >= 0.3 is 12.4 Å². The molecule has 4 saturated heterocycles. The predicted octanol–water partition coefficient (Wildman–Crippen LogP) is 9.78. The number of benzene rings is 4. The lowest BCUT2D eigenvalue weighted by atomic mass is 10.0. The van der Waals surface area contributed by atoms with Crippen molar-refractivity contribution in [2.75, 3.05) is 121 Å². The maximum absolute atomic E-state index is 13.1. The number of likely N-dealkylation sites (N-methyl/N-ethyl adjacent to an activating group) is 4. The van der Waals surface area contributed by atoms with Crippen molar-refractivity contribution in [3.63, 3.8) is 0 Å². The molecule has 0 amide bonds. The minimum Gasteiger partial charge on any atom is -0.305 e. The van der Waals surface area contributed by atoms with E-state index in [0.717, 1.165) is 64.8 Å². The van der Waals surface area contributed by atoms with Gasteiger partial charge in [0.2, 0.25) is 0 Å². The van der Waals surface area contributed by atoms with Crippen LogP contribution in [-0.4, -0.2) is 172 Å². The Labute approximate surface area is 416 Å². The second kappa shape index (κ2) is 26.7. The van der Waals surface area contributed by atoms with Gasteiger partial charge in [0, 0.05) is 117 Å². The van der Waals surface area contributed by atoms with Crippen molar-refractivity contribution < 1.29 is 26.3 Å². The first-order chi connectivity index (χ1) is 33.0. The fourth-order valence-electron chi connectivity index (χ4n) is 9.34. The van der Waals surface area contributed by atoms with Crippen molar-refractivity contribution in [2.45, 2.75) is 91.2 Å². The molecule has 2 unspecified atom stereocenters. The van der Waals surface area contributed by atoms with Crippen molar-refractivity contribution in [2.24, 2.45) is 0 Å². The lowest BCUT2D eigenvalue weighted by Crippen LogP contribution is -2.44. The van der Waals surface area contributed by atoms with Gasteiger partial charge in [-0.25, -0.2) is 0 Å². The smallest absolute Gasteiger partial charge is 0.305 e. The molecule has 0 radical (unpaired) electrons. The second-order valence-electron chi connectivity index (χ2n) is 20.7. The Hall–Kier alpha value is -3.86. The number of alkyl halides is 6. The van der Waals surface area contributed by atoms with Crippen LogP contribution in [0.2, 0.25) is 0 Å². The first-order valence-corrected chi connectivity index (χ1v) is 25.1. The summed E-state index contributed by atoms with van der Waals surface area (Å²) in [4.78, 5) is 18.3.